The van der Waals surface area contributed by atoms with Crippen LogP contribution in [0.1, 0.15) is 32.6 Å². The monoisotopic (exact) mass is 409 g/mol. The highest BCUT2D eigenvalue weighted by atomic mass is 19.1. The Labute approximate surface area is 165 Å². The molecule has 2 N–H and O–H groups in total. The molecule has 156 valence electrons. The zero-order valence-corrected chi connectivity index (χ0v) is 15.8. The van der Waals surface area contributed by atoms with Crippen molar-refractivity contribution in [3.05, 3.63) is 29.8 Å². The molecule has 3 rings (SSSR count). The van der Waals surface area contributed by atoms with Crippen LogP contribution in [0.5, 0.6) is 0 Å². The van der Waals surface area contributed by atoms with Crippen LogP contribution in [-0.2, 0) is 19.1 Å². The average Bonchev–Trinajstić information content (AvgIpc) is 2.90. The van der Waals surface area contributed by atoms with Gasteiger partial charge in [-0.2, -0.15) is 0 Å². The van der Waals surface area contributed by atoms with Crippen molar-refractivity contribution in [2.75, 3.05) is 18.5 Å². The fourth-order valence-corrected chi connectivity index (χ4v) is 3.75. The number of benzene rings is 1. The van der Waals surface area contributed by atoms with E-state index < -0.39 is 59.8 Å². The molecular formula is C19H21F2N3O5. The maximum Gasteiger partial charge on any atom is 0.326 e. The Morgan fingerprint density at radius 1 is 1.28 bits per heavy atom. The molecule has 2 atom stereocenters. The molecule has 1 aliphatic carbocycles. The fourth-order valence-electron chi connectivity index (χ4n) is 3.75. The van der Waals surface area contributed by atoms with Crippen molar-refractivity contribution in [1.82, 2.24) is 10.2 Å². The Kier molecular flexibility index (Phi) is 5.81. The lowest BCUT2D eigenvalue weighted by molar-refractivity contribution is -0.150. The minimum Gasteiger partial charge on any atom is -0.454 e. The predicted molar refractivity (Wildman–Crippen MR) is 96.6 cm³/mol. The number of carbonyl (C=O) groups is 4. The van der Waals surface area contributed by atoms with Gasteiger partial charge >= 0.3 is 12.0 Å². The van der Waals surface area contributed by atoms with Crippen molar-refractivity contribution in [1.29, 1.82) is 0 Å². The Morgan fingerprint density at radius 3 is 2.62 bits per heavy atom. The third-order valence-electron chi connectivity index (χ3n) is 5.38. The summed E-state index contributed by atoms with van der Waals surface area (Å²) < 4.78 is 31.8. The van der Waals surface area contributed by atoms with Crippen molar-refractivity contribution in [2.45, 2.75) is 38.1 Å². The first kappa shape index (κ1) is 20.7. The van der Waals surface area contributed by atoms with Crippen molar-refractivity contribution in [2.24, 2.45) is 5.92 Å². The number of ether oxygens (including phenoxy) is 1. The second-order valence-electron chi connectivity index (χ2n) is 7.25. The topological polar surface area (TPSA) is 105 Å². The second-order valence-corrected chi connectivity index (χ2v) is 7.25. The third-order valence-corrected chi connectivity index (χ3v) is 5.38. The van der Waals surface area contributed by atoms with Crippen LogP contribution in [0, 0.1) is 17.6 Å². The Balaban J connectivity index is 1.55. The maximum absolute atomic E-state index is 13.5. The molecule has 0 bridgehead atoms. The molecule has 1 saturated heterocycles. The number of carbonyl (C=O) groups excluding carboxylic acids is 4. The third kappa shape index (κ3) is 4.06. The van der Waals surface area contributed by atoms with Crippen LogP contribution in [-0.4, -0.2) is 47.4 Å². The molecule has 0 radical (unpaired) electrons. The number of imide groups is 1. The first-order chi connectivity index (χ1) is 13.7. The summed E-state index contributed by atoms with van der Waals surface area (Å²) in [5.41, 5.74) is -1.66. The van der Waals surface area contributed by atoms with Crippen LogP contribution in [0.15, 0.2) is 18.2 Å². The molecule has 29 heavy (non-hydrogen) atoms. The number of urea groups is 1. The average molecular weight is 409 g/mol. The summed E-state index contributed by atoms with van der Waals surface area (Å²) in [4.78, 5) is 49.6. The number of rotatable bonds is 5. The molecule has 8 nitrogen and oxygen atoms in total. The van der Waals surface area contributed by atoms with Gasteiger partial charge in [0.15, 0.2) is 6.61 Å². The van der Waals surface area contributed by atoms with Gasteiger partial charge in [0, 0.05) is 0 Å². The zero-order chi connectivity index (χ0) is 21.2. The van der Waals surface area contributed by atoms with E-state index >= 15 is 0 Å². The van der Waals surface area contributed by atoms with E-state index in [4.69, 9.17) is 4.74 Å². The van der Waals surface area contributed by atoms with E-state index in [-0.39, 0.29) is 5.92 Å². The Hall–Kier alpha value is -3.04. The van der Waals surface area contributed by atoms with Gasteiger partial charge in [-0.05, 0) is 30.9 Å². The Bertz CT molecular complexity index is 842. The molecule has 2 fully saturated rings. The number of nitrogens with zero attached hydrogens (tertiary/aromatic N) is 1. The minimum atomic E-state index is -1.00. The molecule has 1 aromatic carbocycles. The highest BCUT2D eigenvalue weighted by Gasteiger charge is 2.55. The van der Waals surface area contributed by atoms with Crippen molar-refractivity contribution >= 4 is 29.5 Å². The molecule has 1 spiro atoms. The van der Waals surface area contributed by atoms with Crippen LogP contribution < -0.4 is 10.6 Å². The van der Waals surface area contributed by atoms with E-state index in [0.29, 0.717) is 6.42 Å². The molecule has 0 unspecified atom stereocenters. The van der Waals surface area contributed by atoms with E-state index in [1.165, 1.54) is 0 Å². The van der Waals surface area contributed by atoms with Crippen molar-refractivity contribution < 1.29 is 32.7 Å². The zero-order valence-electron chi connectivity index (χ0n) is 15.8. The van der Waals surface area contributed by atoms with Gasteiger partial charge in [-0.15, -0.1) is 0 Å². The number of halogens is 2. The standard InChI is InChI=1S/C19H21F2N3O5/c1-11-5-2-3-8-19(11)17(27)24(18(28)23-19)9-15(26)29-10-14(25)22-16-12(20)6-4-7-13(16)21/h4,6-7,11H,2-3,5,8-10H2,1H3,(H,22,25)(H,23,28)/t11-,19-/m1/s1. The maximum atomic E-state index is 13.5. The van der Waals surface area contributed by atoms with Gasteiger partial charge in [-0.1, -0.05) is 25.8 Å². The van der Waals surface area contributed by atoms with Crippen LogP contribution >= 0.6 is 0 Å². The summed E-state index contributed by atoms with van der Waals surface area (Å²) in [6, 6.07) is 2.38. The lowest BCUT2D eigenvalue weighted by Crippen LogP contribution is -2.54. The molecule has 2 aliphatic rings. The van der Waals surface area contributed by atoms with Gasteiger partial charge in [0.05, 0.1) is 0 Å². The molecule has 0 aromatic heterocycles. The molecule has 10 heteroatoms. The normalized spacial score (nSPS) is 23.8. The smallest absolute Gasteiger partial charge is 0.326 e. The van der Waals surface area contributed by atoms with Gasteiger partial charge < -0.3 is 15.4 Å². The van der Waals surface area contributed by atoms with Crippen molar-refractivity contribution in [3.8, 4) is 0 Å². The molecule has 1 aromatic rings. The quantitative estimate of drug-likeness (QED) is 0.571. The second kappa shape index (κ2) is 8.14. The van der Waals surface area contributed by atoms with Gasteiger partial charge in [0.25, 0.3) is 11.8 Å². The van der Waals surface area contributed by atoms with Crippen LogP contribution in [0.25, 0.3) is 0 Å². The number of amides is 4. The predicted octanol–water partition coefficient (Wildman–Crippen LogP) is 1.95. The number of anilines is 1. The lowest BCUT2D eigenvalue weighted by Gasteiger charge is -2.36. The summed E-state index contributed by atoms with van der Waals surface area (Å²) in [6.07, 6.45) is 3.05. The SMILES string of the molecule is C[C@@H]1CCCC[C@@]12NC(=O)N(CC(=O)OCC(=O)Nc1c(F)cccc1F)C2=O. The number of esters is 1. The van der Waals surface area contributed by atoms with E-state index in [1.807, 2.05) is 12.2 Å². The number of nitrogens with one attached hydrogen (secondary N) is 2. The molecule has 4 amide bonds. The number of hydrogen-bond donors (Lipinski definition) is 2. The highest BCUT2D eigenvalue weighted by molar-refractivity contribution is 6.09. The summed E-state index contributed by atoms with van der Waals surface area (Å²) in [5.74, 6) is -4.44. The summed E-state index contributed by atoms with van der Waals surface area (Å²) in [7, 11) is 0. The molecule has 1 heterocycles. The summed E-state index contributed by atoms with van der Waals surface area (Å²) in [6.45, 7) is 0.406. The molecule has 1 aliphatic heterocycles. The van der Waals surface area contributed by atoms with E-state index in [0.717, 1.165) is 42.4 Å². The summed E-state index contributed by atoms with van der Waals surface area (Å²) >= 11 is 0. The van der Waals surface area contributed by atoms with Crippen LogP contribution in [0.2, 0.25) is 0 Å². The first-order valence-electron chi connectivity index (χ1n) is 9.28. The van der Waals surface area contributed by atoms with Gasteiger partial charge in [0.1, 0.15) is 29.4 Å². The number of para-hydroxylation sites is 1. The molecular weight excluding hydrogens is 388 g/mol. The van der Waals surface area contributed by atoms with Gasteiger partial charge in [-0.25, -0.2) is 13.6 Å². The van der Waals surface area contributed by atoms with E-state index in [1.54, 1.807) is 0 Å². The fraction of sp³-hybridized carbons (Fsp3) is 0.474. The highest BCUT2D eigenvalue weighted by Crippen LogP contribution is 2.38. The van der Waals surface area contributed by atoms with E-state index in [2.05, 4.69) is 5.32 Å². The van der Waals surface area contributed by atoms with Gasteiger partial charge in [0.2, 0.25) is 0 Å². The van der Waals surface area contributed by atoms with Crippen LogP contribution in [0.4, 0.5) is 19.3 Å². The van der Waals surface area contributed by atoms with Crippen molar-refractivity contribution in [3.63, 3.8) is 0 Å². The lowest BCUT2D eigenvalue weighted by atomic mass is 9.73. The first-order valence-corrected chi connectivity index (χ1v) is 9.28. The summed E-state index contributed by atoms with van der Waals surface area (Å²) in [5, 5.41) is 4.67. The minimum absolute atomic E-state index is 0.0600. The van der Waals surface area contributed by atoms with Crippen LogP contribution in [0.3, 0.4) is 0 Å². The van der Waals surface area contributed by atoms with Gasteiger partial charge in [-0.3, -0.25) is 19.3 Å². The largest absolute Gasteiger partial charge is 0.454 e. The van der Waals surface area contributed by atoms with E-state index in [9.17, 15) is 28.0 Å². The Morgan fingerprint density at radius 2 is 1.97 bits per heavy atom. The number of hydrogen-bond acceptors (Lipinski definition) is 5. The molecule has 1 saturated carbocycles.